The molecule has 0 saturated heterocycles. The summed E-state index contributed by atoms with van der Waals surface area (Å²) < 4.78 is 5.35. The number of nitro groups is 1. The molecule has 4 aromatic rings. The molecule has 0 bridgehead atoms. The van der Waals surface area contributed by atoms with E-state index in [1.807, 2.05) is 12.1 Å². The van der Waals surface area contributed by atoms with Crippen LogP contribution in [0, 0.1) is 10.1 Å². The lowest BCUT2D eigenvalue weighted by Crippen LogP contribution is -2.13. The first-order valence-corrected chi connectivity index (χ1v) is 8.97. The van der Waals surface area contributed by atoms with E-state index in [4.69, 9.17) is 4.52 Å². The molecule has 2 aromatic carbocycles. The topological polar surface area (TPSA) is 124 Å². The number of aromatic nitrogens is 3. The maximum absolute atomic E-state index is 12.6. The smallest absolute Gasteiger partial charge is 0.269 e. The Hall–Kier alpha value is -4.40. The van der Waals surface area contributed by atoms with Crippen molar-refractivity contribution in [2.45, 2.75) is 6.42 Å². The van der Waals surface area contributed by atoms with Crippen LogP contribution in [0.25, 0.3) is 11.4 Å². The highest BCUT2D eigenvalue weighted by molar-refractivity contribution is 6.04. The van der Waals surface area contributed by atoms with Gasteiger partial charge < -0.3 is 9.84 Å². The molecule has 0 radical (unpaired) electrons. The molecule has 2 heterocycles. The second kappa shape index (κ2) is 8.31. The number of para-hydroxylation sites is 1. The molecule has 0 aliphatic heterocycles. The molecule has 9 heteroatoms. The molecular weight excluding hydrogens is 386 g/mol. The molecule has 1 N–H and O–H groups in total. The van der Waals surface area contributed by atoms with Crippen LogP contribution >= 0.6 is 0 Å². The normalized spacial score (nSPS) is 10.5. The number of amides is 1. The monoisotopic (exact) mass is 401 g/mol. The predicted molar refractivity (Wildman–Crippen MR) is 108 cm³/mol. The van der Waals surface area contributed by atoms with Crippen LogP contribution in [0.5, 0.6) is 0 Å². The van der Waals surface area contributed by atoms with Gasteiger partial charge in [0, 0.05) is 41.3 Å². The Morgan fingerprint density at radius 2 is 1.77 bits per heavy atom. The van der Waals surface area contributed by atoms with Crippen molar-refractivity contribution < 1.29 is 14.2 Å². The number of non-ortho nitro benzene ring substituents is 1. The fourth-order valence-corrected chi connectivity index (χ4v) is 2.83. The number of benzene rings is 2. The van der Waals surface area contributed by atoms with E-state index in [-0.39, 0.29) is 11.6 Å². The molecule has 0 unspecified atom stereocenters. The summed E-state index contributed by atoms with van der Waals surface area (Å²) in [6, 6.07) is 16.2. The minimum Gasteiger partial charge on any atom is -0.339 e. The fourth-order valence-electron chi connectivity index (χ4n) is 2.83. The highest BCUT2D eigenvalue weighted by Crippen LogP contribution is 2.22. The van der Waals surface area contributed by atoms with Gasteiger partial charge in [-0.15, -0.1) is 0 Å². The van der Waals surface area contributed by atoms with Crippen molar-refractivity contribution in [3.05, 3.63) is 100 Å². The summed E-state index contributed by atoms with van der Waals surface area (Å²) in [4.78, 5) is 31.2. The molecule has 0 aliphatic carbocycles. The highest BCUT2D eigenvalue weighted by Gasteiger charge is 2.14. The molecule has 0 aliphatic rings. The molecule has 30 heavy (non-hydrogen) atoms. The van der Waals surface area contributed by atoms with Gasteiger partial charge in [0.25, 0.3) is 11.6 Å². The maximum Gasteiger partial charge on any atom is 0.269 e. The van der Waals surface area contributed by atoms with E-state index in [9.17, 15) is 14.9 Å². The third-order valence-corrected chi connectivity index (χ3v) is 4.35. The average Bonchev–Trinajstić information content (AvgIpc) is 3.24. The summed E-state index contributed by atoms with van der Waals surface area (Å²) in [6.45, 7) is 0. The van der Waals surface area contributed by atoms with Crippen LogP contribution in [0.3, 0.4) is 0 Å². The van der Waals surface area contributed by atoms with Crippen molar-refractivity contribution in [1.29, 1.82) is 0 Å². The van der Waals surface area contributed by atoms with E-state index < -0.39 is 4.92 Å². The summed E-state index contributed by atoms with van der Waals surface area (Å²) in [5, 5.41) is 17.6. The molecule has 9 nitrogen and oxygen atoms in total. The largest absolute Gasteiger partial charge is 0.339 e. The van der Waals surface area contributed by atoms with Gasteiger partial charge in [0.1, 0.15) is 0 Å². The first kappa shape index (κ1) is 18.9. The fraction of sp³-hybridized carbons (Fsp3) is 0.0476. The van der Waals surface area contributed by atoms with Gasteiger partial charge in [-0.05, 0) is 35.9 Å². The van der Waals surface area contributed by atoms with Crippen molar-refractivity contribution in [2.75, 3.05) is 5.32 Å². The van der Waals surface area contributed by atoms with Gasteiger partial charge in [-0.25, -0.2) is 0 Å². The number of hydrogen-bond donors (Lipinski definition) is 1. The third-order valence-electron chi connectivity index (χ3n) is 4.35. The summed E-state index contributed by atoms with van der Waals surface area (Å²) in [5.41, 5.74) is 2.41. The van der Waals surface area contributed by atoms with Gasteiger partial charge in [0.2, 0.25) is 11.7 Å². The Bertz CT molecular complexity index is 1190. The zero-order valence-corrected chi connectivity index (χ0v) is 15.6. The Morgan fingerprint density at radius 3 is 2.50 bits per heavy atom. The summed E-state index contributed by atoms with van der Waals surface area (Å²) in [7, 11) is 0. The number of nitro benzene ring substituents is 1. The third kappa shape index (κ3) is 4.20. The molecule has 0 atom stereocenters. The molecule has 148 valence electrons. The SMILES string of the molecule is O=C(Nc1ccccc1Cc1nc(-c2ccncc2)no1)c1ccc([N+](=O)[O-])cc1. The molecule has 2 aromatic heterocycles. The van der Waals surface area contributed by atoms with Gasteiger partial charge >= 0.3 is 0 Å². The van der Waals surface area contributed by atoms with Crippen LogP contribution in [0.4, 0.5) is 11.4 Å². The number of hydrogen-bond acceptors (Lipinski definition) is 7. The summed E-state index contributed by atoms with van der Waals surface area (Å²) >= 11 is 0. The second-order valence-corrected chi connectivity index (χ2v) is 6.34. The highest BCUT2D eigenvalue weighted by atomic mass is 16.6. The van der Waals surface area contributed by atoms with Crippen molar-refractivity contribution in [3.63, 3.8) is 0 Å². The molecule has 1 amide bonds. The van der Waals surface area contributed by atoms with Gasteiger partial charge in [-0.1, -0.05) is 23.4 Å². The van der Waals surface area contributed by atoms with Crippen molar-refractivity contribution >= 4 is 17.3 Å². The van der Waals surface area contributed by atoms with Crippen LogP contribution < -0.4 is 5.32 Å². The first-order chi connectivity index (χ1) is 14.6. The number of carbonyl (C=O) groups is 1. The minimum absolute atomic E-state index is 0.0756. The van der Waals surface area contributed by atoms with Gasteiger partial charge in [0.05, 0.1) is 11.3 Å². The van der Waals surface area contributed by atoms with E-state index in [1.165, 1.54) is 24.3 Å². The number of pyridine rings is 1. The number of carbonyl (C=O) groups excluding carboxylic acids is 1. The van der Waals surface area contributed by atoms with E-state index >= 15 is 0 Å². The second-order valence-electron chi connectivity index (χ2n) is 6.34. The van der Waals surface area contributed by atoms with Crippen LogP contribution in [0.2, 0.25) is 0 Å². The zero-order chi connectivity index (χ0) is 20.9. The Kier molecular flexibility index (Phi) is 5.25. The van der Waals surface area contributed by atoms with Crippen molar-refractivity contribution in [3.8, 4) is 11.4 Å². The van der Waals surface area contributed by atoms with Crippen LogP contribution in [0.1, 0.15) is 21.8 Å². The van der Waals surface area contributed by atoms with Crippen LogP contribution in [-0.4, -0.2) is 26.0 Å². The average molecular weight is 401 g/mol. The summed E-state index contributed by atoms with van der Waals surface area (Å²) in [5.74, 6) is 0.485. The number of rotatable bonds is 6. The quantitative estimate of drug-likeness (QED) is 0.384. The molecule has 0 saturated carbocycles. The Labute approximate surface area is 170 Å². The van der Waals surface area contributed by atoms with Crippen molar-refractivity contribution in [2.24, 2.45) is 0 Å². The molecule has 0 fully saturated rings. The number of nitrogens with one attached hydrogen (secondary N) is 1. The maximum atomic E-state index is 12.6. The van der Waals surface area contributed by atoms with E-state index in [1.54, 1.807) is 36.7 Å². The van der Waals surface area contributed by atoms with Gasteiger partial charge in [-0.3, -0.25) is 19.9 Å². The number of nitrogens with zero attached hydrogens (tertiary/aromatic N) is 4. The lowest BCUT2D eigenvalue weighted by atomic mass is 10.1. The Balaban J connectivity index is 1.51. The van der Waals surface area contributed by atoms with E-state index in [0.717, 1.165) is 11.1 Å². The molecule has 4 rings (SSSR count). The Morgan fingerprint density at radius 1 is 1.03 bits per heavy atom. The van der Waals surface area contributed by atoms with Gasteiger partial charge in [-0.2, -0.15) is 4.98 Å². The lowest BCUT2D eigenvalue weighted by Gasteiger charge is -2.09. The standard InChI is InChI=1S/C21H15N5O4/c27-21(15-5-7-17(8-6-15)26(28)29)23-18-4-2-1-3-16(18)13-19-24-20(25-30-19)14-9-11-22-12-10-14/h1-12H,13H2,(H,23,27). The first-order valence-electron chi connectivity index (χ1n) is 8.97. The predicted octanol–water partition coefficient (Wildman–Crippen LogP) is 3.88. The number of anilines is 1. The van der Waals surface area contributed by atoms with Crippen molar-refractivity contribution in [1.82, 2.24) is 15.1 Å². The zero-order valence-electron chi connectivity index (χ0n) is 15.6. The molecular formula is C21H15N5O4. The van der Waals surface area contributed by atoms with Gasteiger partial charge in [0.15, 0.2) is 0 Å². The van der Waals surface area contributed by atoms with Crippen LogP contribution in [0.15, 0.2) is 77.6 Å². The summed E-state index contributed by atoms with van der Waals surface area (Å²) in [6.07, 6.45) is 3.62. The minimum atomic E-state index is -0.512. The van der Waals surface area contributed by atoms with E-state index in [2.05, 4.69) is 20.4 Å². The van der Waals surface area contributed by atoms with E-state index in [0.29, 0.717) is 29.4 Å². The van der Waals surface area contributed by atoms with Crippen LogP contribution in [-0.2, 0) is 6.42 Å². The lowest BCUT2D eigenvalue weighted by molar-refractivity contribution is -0.384. The molecule has 0 spiro atoms.